The highest BCUT2D eigenvalue weighted by Crippen LogP contribution is 2.13. The molecule has 5 nitrogen and oxygen atoms in total. The molecule has 0 radical (unpaired) electrons. The number of aromatic nitrogens is 4. The summed E-state index contributed by atoms with van der Waals surface area (Å²) in [4.78, 5) is 4.54. The fourth-order valence-electron chi connectivity index (χ4n) is 2.22. The first kappa shape index (κ1) is 13.6. The van der Waals surface area contributed by atoms with Gasteiger partial charge in [-0.25, -0.2) is 4.98 Å². The molecule has 0 saturated heterocycles. The molecule has 0 spiro atoms. The van der Waals surface area contributed by atoms with Crippen LogP contribution in [0.3, 0.4) is 0 Å². The number of nitrogens with zero attached hydrogens (tertiary/aromatic N) is 4. The van der Waals surface area contributed by atoms with Gasteiger partial charge in [0.25, 0.3) is 0 Å². The van der Waals surface area contributed by atoms with Crippen LogP contribution < -0.4 is 5.32 Å². The topological polar surface area (TPSA) is 47.7 Å². The molecule has 19 heavy (non-hydrogen) atoms. The molecule has 2 aromatic heterocycles. The van der Waals surface area contributed by atoms with E-state index in [1.54, 1.807) is 0 Å². The predicted molar refractivity (Wildman–Crippen MR) is 77.1 cm³/mol. The summed E-state index contributed by atoms with van der Waals surface area (Å²) in [6, 6.07) is 0. The van der Waals surface area contributed by atoms with Gasteiger partial charge in [0.05, 0.1) is 11.4 Å². The maximum absolute atomic E-state index is 4.54. The smallest absolute Gasteiger partial charge is 0.203 e. The Hall–Kier alpha value is -1.78. The molecule has 2 heterocycles. The van der Waals surface area contributed by atoms with Crippen molar-refractivity contribution in [2.75, 3.05) is 5.32 Å². The number of nitrogens with one attached hydrogen (secondary N) is 1. The van der Waals surface area contributed by atoms with E-state index in [1.807, 2.05) is 31.8 Å². The Balaban J connectivity index is 2.08. The third-order valence-corrected chi connectivity index (χ3v) is 3.01. The quantitative estimate of drug-likeness (QED) is 0.899. The maximum Gasteiger partial charge on any atom is 0.203 e. The lowest BCUT2D eigenvalue weighted by molar-refractivity contribution is 0.526. The SMILES string of the molecule is Cc1cn(CC(C)C)c(NCc2cn(C)nc2C)n1. The molecule has 0 unspecified atom stereocenters. The molecule has 0 amide bonds. The monoisotopic (exact) mass is 261 g/mol. The van der Waals surface area contributed by atoms with E-state index in [2.05, 4.69) is 40.0 Å². The summed E-state index contributed by atoms with van der Waals surface area (Å²) in [5.74, 6) is 1.55. The van der Waals surface area contributed by atoms with Gasteiger partial charge in [0, 0.05) is 38.1 Å². The molecule has 1 N–H and O–H groups in total. The number of rotatable bonds is 5. The lowest BCUT2D eigenvalue weighted by Gasteiger charge is -2.11. The van der Waals surface area contributed by atoms with Crippen molar-refractivity contribution in [3.05, 3.63) is 29.3 Å². The largest absolute Gasteiger partial charge is 0.351 e. The van der Waals surface area contributed by atoms with E-state index in [1.165, 1.54) is 5.56 Å². The van der Waals surface area contributed by atoms with Gasteiger partial charge in [0.1, 0.15) is 0 Å². The van der Waals surface area contributed by atoms with Crippen LogP contribution in [0.25, 0.3) is 0 Å². The van der Waals surface area contributed by atoms with Gasteiger partial charge in [-0.3, -0.25) is 4.68 Å². The Morgan fingerprint density at radius 1 is 1.26 bits per heavy atom. The number of anilines is 1. The summed E-state index contributed by atoms with van der Waals surface area (Å²) in [6.45, 7) is 10.2. The Bertz CT molecular complexity index is 550. The van der Waals surface area contributed by atoms with Crippen LogP contribution in [0.1, 0.15) is 30.8 Å². The fraction of sp³-hybridized carbons (Fsp3) is 0.571. The Morgan fingerprint density at radius 2 is 2.00 bits per heavy atom. The van der Waals surface area contributed by atoms with Crippen molar-refractivity contribution >= 4 is 5.95 Å². The van der Waals surface area contributed by atoms with Crippen LogP contribution >= 0.6 is 0 Å². The lowest BCUT2D eigenvalue weighted by Crippen LogP contribution is -2.10. The van der Waals surface area contributed by atoms with E-state index in [-0.39, 0.29) is 0 Å². The molecule has 2 rings (SSSR count). The molecule has 0 aliphatic rings. The van der Waals surface area contributed by atoms with E-state index in [9.17, 15) is 0 Å². The Labute approximate surface area is 114 Å². The first-order valence-corrected chi connectivity index (χ1v) is 6.72. The van der Waals surface area contributed by atoms with E-state index >= 15 is 0 Å². The van der Waals surface area contributed by atoms with Gasteiger partial charge in [-0.05, 0) is 19.8 Å². The van der Waals surface area contributed by atoms with Crippen molar-refractivity contribution in [1.82, 2.24) is 19.3 Å². The van der Waals surface area contributed by atoms with Crippen LogP contribution in [0.2, 0.25) is 0 Å². The van der Waals surface area contributed by atoms with Gasteiger partial charge in [-0.2, -0.15) is 5.10 Å². The van der Waals surface area contributed by atoms with Crippen LogP contribution in [-0.4, -0.2) is 19.3 Å². The summed E-state index contributed by atoms with van der Waals surface area (Å²) in [5, 5.41) is 7.76. The van der Waals surface area contributed by atoms with Gasteiger partial charge in [-0.1, -0.05) is 13.8 Å². The summed E-state index contributed by atoms with van der Waals surface area (Å²) in [7, 11) is 1.94. The normalized spacial score (nSPS) is 11.3. The second-order valence-corrected chi connectivity index (χ2v) is 5.52. The maximum atomic E-state index is 4.54. The first-order chi connectivity index (χ1) is 8.95. The van der Waals surface area contributed by atoms with Crippen molar-refractivity contribution in [2.45, 2.75) is 40.8 Å². The molecule has 2 aromatic rings. The van der Waals surface area contributed by atoms with Gasteiger partial charge in [-0.15, -0.1) is 0 Å². The molecule has 0 fully saturated rings. The second-order valence-electron chi connectivity index (χ2n) is 5.52. The molecule has 0 saturated carbocycles. The summed E-state index contributed by atoms with van der Waals surface area (Å²) in [6.07, 6.45) is 4.14. The van der Waals surface area contributed by atoms with Crippen molar-refractivity contribution < 1.29 is 0 Å². The molecule has 0 atom stereocenters. The van der Waals surface area contributed by atoms with Gasteiger partial charge in [0.15, 0.2) is 0 Å². The van der Waals surface area contributed by atoms with Crippen LogP contribution in [0.4, 0.5) is 5.95 Å². The molecule has 0 aromatic carbocycles. The minimum Gasteiger partial charge on any atom is -0.351 e. The van der Waals surface area contributed by atoms with E-state index in [0.717, 1.165) is 30.4 Å². The van der Waals surface area contributed by atoms with Crippen LogP contribution in [-0.2, 0) is 20.1 Å². The van der Waals surface area contributed by atoms with Crippen LogP contribution in [0.5, 0.6) is 0 Å². The zero-order valence-electron chi connectivity index (χ0n) is 12.4. The molecule has 0 bridgehead atoms. The van der Waals surface area contributed by atoms with Crippen molar-refractivity contribution in [3.8, 4) is 0 Å². The summed E-state index contributed by atoms with van der Waals surface area (Å²) in [5.41, 5.74) is 3.32. The minimum atomic E-state index is 0.606. The zero-order valence-corrected chi connectivity index (χ0v) is 12.4. The van der Waals surface area contributed by atoms with E-state index in [4.69, 9.17) is 0 Å². The van der Waals surface area contributed by atoms with Gasteiger partial charge >= 0.3 is 0 Å². The predicted octanol–water partition coefficient (Wildman–Crippen LogP) is 2.50. The summed E-state index contributed by atoms with van der Waals surface area (Å²) < 4.78 is 4.03. The molecule has 0 aliphatic carbocycles. The highest BCUT2D eigenvalue weighted by atomic mass is 15.3. The average Bonchev–Trinajstić information content (AvgIpc) is 2.78. The average molecular weight is 261 g/mol. The first-order valence-electron chi connectivity index (χ1n) is 6.72. The standard InChI is InChI=1S/C14H23N5/c1-10(2)7-19-8-11(3)16-14(19)15-6-13-9-18(5)17-12(13)4/h8-10H,6-7H2,1-5H3,(H,15,16). The van der Waals surface area contributed by atoms with Crippen LogP contribution in [0.15, 0.2) is 12.4 Å². The van der Waals surface area contributed by atoms with Crippen molar-refractivity contribution in [3.63, 3.8) is 0 Å². The minimum absolute atomic E-state index is 0.606. The molecule has 5 heteroatoms. The number of hydrogen-bond acceptors (Lipinski definition) is 3. The number of imidazole rings is 1. The third kappa shape index (κ3) is 3.36. The summed E-state index contributed by atoms with van der Waals surface area (Å²) >= 11 is 0. The lowest BCUT2D eigenvalue weighted by atomic mass is 10.2. The number of hydrogen-bond donors (Lipinski definition) is 1. The molecule has 104 valence electrons. The number of aryl methyl sites for hydroxylation is 3. The van der Waals surface area contributed by atoms with E-state index in [0.29, 0.717) is 5.92 Å². The highest BCUT2D eigenvalue weighted by molar-refractivity contribution is 5.31. The zero-order chi connectivity index (χ0) is 14.0. The molecule has 0 aliphatic heterocycles. The Kier molecular flexibility index (Phi) is 3.93. The van der Waals surface area contributed by atoms with Gasteiger partial charge < -0.3 is 9.88 Å². The van der Waals surface area contributed by atoms with Crippen molar-refractivity contribution in [1.29, 1.82) is 0 Å². The second kappa shape index (κ2) is 5.47. The molecular weight excluding hydrogens is 238 g/mol. The van der Waals surface area contributed by atoms with Crippen LogP contribution in [0, 0.1) is 19.8 Å². The third-order valence-electron chi connectivity index (χ3n) is 3.01. The molecular formula is C14H23N5. The van der Waals surface area contributed by atoms with Crippen molar-refractivity contribution in [2.24, 2.45) is 13.0 Å². The van der Waals surface area contributed by atoms with Gasteiger partial charge in [0.2, 0.25) is 5.95 Å². The highest BCUT2D eigenvalue weighted by Gasteiger charge is 2.08. The fourth-order valence-corrected chi connectivity index (χ4v) is 2.22. The van der Waals surface area contributed by atoms with E-state index < -0.39 is 0 Å². The Morgan fingerprint density at radius 3 is 2.58 bits per heavy atom.